The molecule has 98 valence electrons. The number of hydrogen-bond donors (Lipinski definition) is 1. The number of nitrogens with zero attached hydrogens (tertiary/aromatic N) is 3. The SMILES string of the molecule is CN1CC(=O)NC(=O)C1c1cc2ccn(C)c2cn1. The fourth-order valence-electron chi connectivity index (χ4n) is 2.45. The van der Waals surface area contributed by atoms with E-state index in [1.54, 1.807) is 18.1 Å². The van der Waals surface area contributed by atoms with Crippen molar-refractivity contribution >= 4 is 22.7 Å². The third kappa shape index (κ3) is 1.90. The van der Waals surface area contributed by atoms with E-state index in [1.165, 1.54) is 0 Å². The zero-order valence-corrected chi connectivity index (χ0v) is 10.8. The highest BCUT2D eigenvalue weighted by molar-refractivity contribution is 6.01. The molecule has 1 saturated heterocycles. The van der Waals surface area contributed by atoms with Crippen molar-refractivity contribution in [2.24, 2.45) is 7.05 Å². The van der Waals surface area contributed by atoms with Crippen LogP contribution in [-0.2, 0) is 16.6 Å². The van der Waals surface area contributed by atoms with Gasteiger partial charge in [0.2, 0.25) is 11.8 Å². The first-order valence-corrected chi connectivity index (χ1v) is 6.01. The van der Waals surface area contributed by atoms with Gasteiger partial charge in [-0.05, 0) is 19.2 Å². The van der Waals surface area contributed by atoms with Gasteiger partial charge in [-0.25, -0.2) is 0 Å². The zero-order chi connectivity index (χ0) is 13.6. The molecule has 0 aromatic carbocycles. The first-order chi connectivity index (χ1) is 9.06. The number of pyridine rings is 1. The fourth-order valence-corrected chi connectivity index (χ4v) is 2.45. The molecular weight excluding hydrogens is 244 g/mol. The molecule has 1 fully saturated rings. The Balaban J connectivity index is 2.03. The van der Waals surface area contributed by atoms with Crippen LogP contribution in [0.3, 0.4) is 0 Å². The molecule has 1 N–H and O–H groups in total. The van der Waals surface area contributed by atoms with Crippen LogP contribution in [-0.4, -0.2) is 39.9 Å². The van der Waals surface area contributed by atoms with Gasteiger partial charge in [0.15, 0.2) is 0 Å². The van der Waals surface area contributed by atoms with Crippen molar-refractivity contribution in [3.63, 3.8) is 0 Å². The van der Waals surface area contributed by atoms with Crippen LogP contribution in [0.5, 0.6) is 0 Å². The van der Waals surface area contributed by atoms with Crippen LogP contribution in [0.15, 0.2) is 24.5 Å². The summed E-state index contributed by atoms with van der Waals surface area (Å²) in [7, 11) is 3.69. The molecule has 6 nitrogen and oxygen atoms in total. The van der Waals surface area contributed by atoms with Gasteiger partial charge in [0.25, 0.3) is 0 Å². The number of amides is 2. The van der Waals surface area contributed by atoms with Crippen LogP contribution in [0.4, 0.5) is 0 Å². The lowest BCUT2D eigenvalue weighted by molar-refractivity contribution is -0.139. The molecule has 1 aliphatic heterocycles. The van der Waals surface area contributed by atoms with Crippen LogP contribution in [0.2, 0.25) is 0 Å². The Bertz CT molecular complexity index is 676. The number of aryl methyl sites for hydroxylation is 1. The lowest BCUT2D eigenvalue weighted by Gasteiger charge is -2.30. The summed E-state index contributed by atoms with van der Waals surface area (Å²) in [5, 5.41) is 3.38. The highest BCUT2D eigenvalue weighted by Crippen LogP contribution is 2.23. The minimum Gasteiger partial charge on any atom is -0.349 e. The van der Waals surface area contributed by atoms with Gasteiger partial charge in [0.1, 0.15) is 6.04 Å². The largest absolute Gasteiger partial charge is 0.349 e. The van der Waals surface area contributed by atoms with Crippen LogP contribution < -0.4 is 5.32 Å². The van der Waals surface area contributed by atoms with Gasteiger partial charge in [-0.15, -0.1) is 0 Å². The maximum atomic E-state index is 11.9. The van der Waals surface area contributed by atoms with Crippen molar-refractivity contribution in [2.75, 3.05) is 13.6 Å². The van der Waals surface area contributed by atoms with Gasteiger partial charge in [-0.3, -0.25) is 24.8 Å². The molecule has 0 bridgehead atoms. The number of rotatable bonds is 1. The van der Waals surface area contributed by atoms with Gasteiger partial charge in [-0.1, -0.05) is 0 Å². The normalized spacial score (nSPS) is 20.8. The predicted octanol–water partition coefficient (Wildman–Crippen LogP) is 0.203. The summed E-state index contributed by atoms with van der Waals surface area (Å²) < 4.78 is 1.97. The second-order valence-corrected chi connectivity index (χ2v) is 4.82. The molecule has 0 radical (unpaired) electrons. The van der Waals surface area contributed by atoms with Crippen LogP contribution in [0.25, 0.3) is 10.9 Å². The van der Waals surface area contributed by atoms with E-state index < -0.39 is 6.04 Å². The van der Waals surface area contributed by atoms with Gasteiger partial charge in [0, 0.05) is 18.6 Å². The molecule has 2 amide bonds. The number of hydrogen-bond acceptors (Lipinski definition) is 4. The quantitative estimate of drug-likeness (QED) is 0.742. The highest BCUT2D eigenvalue weighted by atomic mass is 16.2. The topological polar surface area (TPSA) is 67.2 Å². The van der Waals surface area contributed by atoms with Gasteiger partial charge in [0.05, 0.1) is 24.0 Å². The Morgan fingerprint density at radius 2 is 2.16 bits per heavy atom. The Morgan fingerprint density at radius 3 is 2.89 bits per heavy atom. The van der Waals surface area contributed by atoms with E-state index in [4.69, 9.17) is 0 Å². The van der Waals surface area contributed by atoms with Crippen molar-refractivity contribution in [1.82, 2.24) is 19.8 Å². The second kappa shape index (κ2) is 4.17. The molecule has 6 heteroatoms. The maximum Gasteiger partial charge on any atom is 0.250 e. The van der Waals surface area contributed by atoms with Crippen molar-refractivity contribution in [3.05, 3.63) is 30.2 Å². The van der Waals surface area contributed by atoms with E-state index in [1.807, 2.05) is 29.9 Å². The van der Waals surface area contributed by atoms with Crippen molar-refractivity contribution in [1.29, 1.82) is 0 Å². The zero-order valence-electron chi connectivity index (χ0n) is 10.8. The van der Waals surface area contributed by atoms with Crippen molar-refractivity contribution in [3.8, 4) is 0 Å². The highest BCUT2D eigenvalue weighted by Gasteiger charge is 2.33. The Morgan fingerprint density at radius 1 is 1.37 bits per heavy atom. The molecule has 2 aromatic rings. The molecule has 1 atom stereocenters. The number of aromatic nitrogens is 2. The maximum absolute atomic E-state index is 11.9. The molecule has 1 unspecified atom stereocenters. The van der Waals surface area contributed by atoms with E-state index in [9.17, 15) is 9.59 Å². The first-order valence-electron chi connectivity index (χ1n) is 6.01. The molecule has 1 aliphatic rings. The summed E-state index contributed by atoms with van der Waals surface area (Å²) >= 11 is 0. The second-order valence-electron chi connectivity index (χ2n) is 4.82. The number of carbonyl (C=O) groups excluding carboxylic acids is 2. The van der Waals surface area contributed by atoms with E-state index in [0.29, 0.717) is 5.69 Å². The first kappa shape index (κ1) is 11.9. The molecule has 3 heterocycles. The Hall–Kier alpha value is -2.21. The molecule has 2 aromatic heterocycles. The Labute approximate surface area is 110 Å². The van der Waals surface area contributed by atoms with Crippen LogP contribution in [0, 0.1) is 0 Å². The van der Waals surface area contributed by atoms with Gasteiger partial charge in [-0.2, -0.15) is 0 Å². The number of imide groups is 1. The smallest absolute Gasteiger partial charge is 0.250 e. The average Bonchev–Trinajstić information content (AvgIpc) is 2.69. The molecule has 0 saturated carbocycles. The molecular formula is C13H14N4O2. The van der Waals surface area contributed by atoms with Gasteiger partial charge >= 0.3 is 0 Å². The number of likely N-dealkylation sites (N-methyl/N-ethyl adjacent to an activating group) is 1. The molecule has 0 spiro atoms. The third-order valence-corrected chi connectivity index (χ3v) is 3.42. The van der Waals surface area contributed by atoms with Crippen LogP contribution >= 0.6 is 0 Å². The van der Waals surface area contributed by atoms with E-state index in [-0.39, 0.29) is 18.4 Å². The molecule has 19 heavy (non-hydrogen) atoms. The minimum atomic E-state index is -0.512. The van der Waals surface area contributed by atoms with Crippen molar-refractivity contribution in [2.45, 2.75) is 6.04 Å². The third-order valence-electron chi connectivity index (χ3n) is 3.42. The lowest BCUT2D eigenvalue weighted by atomic mass is 10.1. The summed E-state index contributed by atoms with van der Waals surface area (Å²) in [5.74, 6) is -0.592. The van der Waals surface area contributed by atoms with Crippen molar-refractivity contribution < 1.29 is 9.59 Å². The van der Waals surface area contributed by atoms with E-state index in [2.05, 4.69) is 10.3 Å². The minimum absolute atomic E-state index is 0.199. The Kier molecular flexibility index (Phi) is 2.60. The van der Waals surface area contributed by atoms with Gasteiger partial charge < -0.3 is 4.57 Å². The average molecular weight is 258 g/mol. The summed E-state index contributed by atoms with van der Waals surface area (Å²) in [6.07, 6.45) is 3.70. The summed E-state index contributed by atoms with van der Waals surface area (Å²) in [6.45, 7) is 0.199. The monoisotopic (exact) mass is 258 g/mol. The molecule has 0 aliphatic carbocycles. The standard InChI is InChI=1S/C13H14N4O2/c1-16-4-3-8-5-9(14-6-10(8)16)12-13(19)15-11(18)7-17(12)2/h3-6,12H,7H2,1-2H3,(H,15,18,19). The number of carbonyl (C=O) groups is 2. The lowest BCUT2D eigenvalue weighted by Crippen LogP contribution is -2.51. The number of fused-ring (bicyclic) bond motifs is 1. The number of piperazine rings is 1. The summed E-state index contributed by atoms with van der Waals surface area (Å²) in [6, 6.07) is 3.36. The van der Waals surface area contributed by atoms with Crippen LogP contribution in [0.1, 0.15) is 11.7 Å². The molecule has 3 rings (SSSR count). The predicted molar refractivity (Wildman–Crippen MR) is 69.2 cm³/mol. The summed E-state index contributed by atoms with van der Waals surface area (Å²) in [4.78, 5) is 29.3. The van der Waals surface area contributed by atoms with E-state index >= 15 is 0 Å². The van der Waals surface area contributed by atoms with E-state index in [0.717, 1.165) is 10.9 Å². The fraction of sp³-hybridized carbons (Fsp3) is 0.308. The summed E-state index contributed by atoms with van der Waals surface area (Å²) in [5.41, 5.74) is 1.67. The number of nitrogens with one attached hydrogen (secondary N) is 1.